The lowest BCUT2D eigenvalue weighted by Crippen LogP contribution is -2.37. The quantitative estimate of drug-likeness (QED) is 0.721. The van der Waals surface area contributed by atoms with Crippen LogP contribution < -0.4 is 5.43 Å². The molecule has 1 aromatic heterocycles. The zero-order chi connectivity index (χ0) is 17.1. The minimum atomic E-state index is -1.07. The zero-order valence-electron chi connectivity index (χ0n) is 12.8. The van der Waals surface area contributed by atoms with E-state index in [9.17, 15) is 19.5 Å². The number of carbonyl (C=O) groups is 2. The molecule has 1 unspecified atom stereocenters. The fourth-order valence-corrected chi connectivity index (χ4v) is 2.75. The molecule has 1 aromatic rings. The molecule has 8 heteroatoms. The summed E-state index contributed by atoms with van der Waals surface area (Å²) in [5.74, 6) is -2.72. The molecule has 8 nitrogen and oxygen atoms in total. The van der Waals surface area contributed by atoms with Crippen LogP contribution in [0, 0.1) is 5.92 Å². The van der Waals surface area contributed by atoms with E-state index in [1.54, 1.807) is 0 Å². The molecule has 1 fully saturated rings. The largest absolute Gasteiger partial charge is 0.503 e. The van der Waals surface area contributed by atoms with Crippen LogP contribution in [0.4, 0.5) is 0 Å². The highest BCUT2D eigenvalue weighted by atomic mass is 16.4. The topological polar surface area (TPSA) is 120 Å². The first-order chi connectivity index (χ1) is 10.8. The molecule has 2 heterocycles. The van der Waals surface area contributed by atoms with Crippen LogP contribution in [0.1, 0.15) is 31.5 Å². The molecule has 3 N–H and O–H groups in total. The third-order valence-corrected chi connectivity index (χ3v) is 4.24. The molecule has 0 amide bonds. The summed E-state index contributed by atoms with van der Waals surface area (Å²) in [5, 5.41) is 27.7. The van der Waals surface area contributed by atoms with Crippen LogP contribution in [0.2, 0.25) is 0 Å². The van der Waals surface area contributed by atoms with E-state index < -0.39 is 29.2 Å². The molecule has 23 heavy (non-hydrogen) atoms. The highest BCUT2D eigenvalue weighted by Crippen LogP contribution is 2.21. The number of rotatable bonds is 5. The molecular weight excluding hydrogens is 304 g/mol. The smallest absolute Gasteiger partial charge is 0.326 e. The van der Waals surface area contributed by atoms with Gasteiger partial charge >= 0.3 is 11.9 Å². The summed E-state index contributed by atoms with van der Waals surface area (Å²) in [6.07, 6.45) is 2.18. The van der Waals surface area contributed by atoms with Crippen LogP contribution in [0.3, 0.4) is 0 Å². The number of nitrogens with zero attached hydrogens (tertiary/aromatic N) is 2. The minimum Gasteiger partial charge on any atom is -0.503 e. The number of pyridine rings is 1. The fourth-order valence-electron chi connectivity index (χ4n) is 2.75. The van der Waals surface area contributed by atoms with E-state index in [2.05, 4.69) is 0 Å². The van der Waals surface area contributed by atoms with Gasteiger partial charge < -0.3 is 19.9 Å². The first-order valence-electron chi connectivity index (χ1n) is 7.41. The molecule has 0 saturated carbocycles. The Morgan fingerprint density at radius 1 is 1.30 bits per heavy atom. The van der Waals surface area contributed by atoms with Crippen molar-refractivity contribution in [2.45, 2.75) is 32.4 Å². The van der Waals surface area contributed by atoms with Crippen LogP contribution in [-0.4, -0.2) is 49.8 Å². The number of aromatic nitrogens is 1. The van der Waals surface area contributed by atoms with Gasteiger partial charge in [0, 0.05) is 18.3 Å². The summed E-state index contributed by atoms with van der Waals surface area (Å²) in [6, 6.07) is 0.311. The summed E-state index contributed by atoms with van der Waals surface area (Å²) >= 11 is 0. The molecule has 0 aliphatic carbocycles. The second kappa shape index (κ2) is 6.82. The standard InChI is InChI=1S/C15H20N2O6/c1-9(14(20)21)17-8-13(19)12(18)6-11(17)7-16-4-2-10(3-5-16)15(22)23/h6,8-10,19H,2-5,7H2,1H3,(H,20,21)(H,22,23). The molecular formula is C15H20N2O6. The van der Waals surface area contributed by atoms with Crippen molar-refractivity contribution in [3.05, 3.63) is 28.2 Å². The van der Waals surface area contributed by atoms with Crippen molar-refractivity contribution < 1.29 is 24.9 Å². The Hall–Kier alpha value is -2.35. The van der Waals surface area contributed by atoms with Gasteiger partial charge in [0.05, 0.1) is 12.1 Å². The van der Waals surface area contributed by atoms with Gasteiger partial charge in [0.2, 0.25) is 5.43 Å². The lowest BCUT2D eigenvalue weighted by Gasteiger charge is -2.31. The summed E-state index contributed by atoms with van der Waals surface area (Å²) in [6.45, 7) is 2.92. The Morgan fingerprint density at radius 3 is 2.43 bits per heavy atom. The first-order valence-corrected chi connectivity index (χ1v) is 7.41. The van der Waals surface area contributed by atoms with Crippen molar-refractivity contribution in [3.8, 4) is 5.75 Å². The molecule has 1 aliphatic rings. The van der Waals surface area contributed by atoms with E-state index in [-0.39, 0.29) is 5.92 Å². The third kappa shape index (κ3) is 3.89. The maximum absolute atomic E-state index is 11.7. The van der Waals surface area contributed by atoms with Crippen molar-refractivity contribution in [2.24, 2.45) is 5.92 Å². The first kappa shape index (κ1) is 17.0. The van der Waals surface area contributed by atoms with Gasteiger partial charge in [0.15, 0.2) is 5.75 Å². The molecule has 1 saturated heterocycles. The summed E-state index contributed by atoms with van der Waals surface area (Å²) < 4.78 is 1.36. The number of hydrogen-bond acceptors (Lipinski definition) is 5. The van der Waals surface area contributed by atoms with Gasteiger partial charge in [0.1, 0.15) is 6.04 Å². The van der Waals surface area contributed by atoms with E-state index in [1.165, 1.54) is 17.6 Å². The van der Waals surface area contributed by atoms with E-state index >= 15 is 0 Å². The number of carboxylic acids is 2. The van der Waals surface area contributed by atoms with Crippen molar-refractivity contribution in [1.29, 1.82) is 0 Å². The van der Waals surface area contributed by atoms with E-state index in [4.69, 9.17) is 10.2 Å². The number of aromatic hydroxyl groups is 1. The Kier molecular flexibility index (Phi) is 5.05. The van der Waals surface area contributed by atoms with Gasteiger partial charge in [-0.15, -0.1) is 0 Å². The van der Waals surface area contributed by atoms with Gasteiger partial charge in [0.25, 0.3) is 0 Å². The Labute approximate surface area is 132 Å². The number of likely N-dealkylation sites (tertiary alicyclic amines) is 1. The van der Waals surface area contributed by atoms with E-state index in [0.29, 0.717) is 38.2 Å². The van der Waals surface area contributed by atoms with Crippen molar-refractivity contribution in [2.75, 3.05) is 13.1 Å². The maximum atomic E-state index is 11.7. The molecule has 2 rings (SSSR count). The summed E-state index contributed by atoms with van der Waals surface area (Å²) in [7, 11) is 0. The Morgan fingerprint density at radius 2 is 1.91 bits per heavy atom. The van der Waals surface area contributed by atoms with Gasteiger partial charge in [-0.05, 0) is 32.9 Å². The van der Waals surface area contributed by atoms with Crippen LogP contribution in [0.5, 0.6) is 5.75 Å². The Balaban J connectivity index is 2.19. The molecule has 126 valence electrons. The fraction of sp³-hybridized carbons (Fsp3) is 0.533. The van der Waals surface area contributed by atoms with Crippen molar-refractivity contribution >= 4 is 11.9 Å². The number of carboxylic acid groups (broad SMARTS) is 2. The van der Waals surface area contributed by atoms with E-state index in [0.717, 1.165) is 6.20 Å². The van der Waals surface area contributed by atoms with Crippen LogP contribution in [0.15, 0.2) is 17.1 Å². The zero-order valence-corrected chi connectivity index (χ0v) is 12.8. The van der Waals surface area contributed by atoms with Gasteiger partial charge in [-0.1, -0.05) is 0 Å². The van der Waals surface area contributed by atoms with Gasteiger partial charge in [-0.25, -0.2) is 4.79 Å². The number of piperidine rings is 1. The molecule has 0 spiro atoms. The number of aliphatic carboxylic acids is 2. The van der Waals surface area contributed by atoms with E-state index in [1.807, 2.05) is 4.90 Å². The van der Waals surface area contributed by atoms with Gasteiger partial charge in [-0.3, -0.25) is 14.5 Å². The van der Waals surface area contributed by atoms with Crippen LogP contribution in [-0.2, 0) is 16.1 Å². The predicted octanol–water partition coefficient (Wildman–Crippen LogP) is 0.496. The van der Waals surface area contributed by atoms with Crippen LogP contribution >= 0.6 is 0 Å². The minimum absolute atomic E-state index is 0.333. The van der Waals surface area contributed by atoms with Crippen molar-refractivity contribution in [1.82, 2.24) is 9.47 Å². The Bertz CT molecular complexity index is 660. The predicted molar refractivity (Wildman–Crippen MR) is 80.4 cm³/mol. The molecule has 0 radical (unpaired) electrons. The SMILES string of the molecule is CC(C(=O)O)n1cc(O)c(=O)cc1CN1CCC(C(=O)O)CC1. The molecule has 1 atom stereocenters. The maximum Gasteiger partial charge on any atom is 0.326 e. The normalized spacial score (nSPS) is 17.8. The second-order valence-electron chi connectivity index (χ2n) is 5.82. The summed E-state index contributed by atoms with van der Waals surface area (Å²) in [5.41, 5.74) is -0.0780. The highest BCUT2D eigenvalue weighted by molar-refractivity contribution is 5.71. The molecule has 0 bridgehead atoms. The molecule has 0 aromatic carbocycles. The highest BCUT2D eigenvalue weighted by Gasteiger charge is 2.26. The second-order valence-corrected chi connectivity index (χ2v) is 5.82. The lowest BCUT2D eigenvalue weighted by atomic mass is 9.97. The molecule has 1 aliphatic heterocycles. The van der Waals surface area contributed by atoms with Gasteiger partial charge in [-0.2, -0.15) is 0 Å². The number of hydrogen-bond donors (Lipinski definition) is 3. The van der Waals surface area contributed by atoms with Crippen molar-refractivity contribution in [3.63, 3.8) is 0 Å². The lowest BCUT2D eigenvalue weighted by molar-refractivity contribution is -0.143. The average Bonchev–Trinajstić information content (AvgIpc) is 2.50. The van der Waals surface area contributed by atoms with Crippen LogP contribution in [0.25, 0.3) is 0 Å². The average molecular weight is 324 g/mol. The third-order valence-electron chi connectivity index (χ3n) is 4.24. The monoisotopic (exact) mass is 324 g/mol. The summed E-state index contributed by atoms with van der Waals surface area (Å²) in [4.78, 5) is 35.8.